The van der Waals surface area contributed by atoms with Crippen molar-refractivity contribution in [2.45, 2.75) is 0 Å². The molecule has 0 fully saturated rings. The summed E-state index contributed by atoms with van der Waals surface area (Å²) in [5.74, 6) is 1.09. The van der Waals surface area contributed by atoms with Crippen LogP contribution in [0, 0.1) is 0 Å². The normalized spacial score (nSPS) is 10.6. The smallest absolute Gasteiger partial charge is 0.343 e. The van der Waals surface area contributed by atoms with E-state index in [0.29, 0.717) is 28.6 Å². The molecule has 0 spiro atoms. The molecular formula is C23H21NO5. The molecule has 0 N–H and O–H groups in total. The van der Waals surface area contributed by atoms with Crippen molar-refractivity contribution in [2.75, 3.05) is 21.3 Å². The summed E-state index contributed by atoms with van der Waals surface area (Å²) in [6.07, 6.45) is 7.44. The van der Waals surface area contributed by atoms with Crippen LogP contribution in [0.4, 0.5) is 0 Å². The molecule has 1 aromatic heterocycles. The Hall–Kier alpha value is -3.80. The van der Waals surface area contributed by atoms with Crippen molar-refractivity contribution in [1.82, 2.24) is 4.98 Å². The van der Waals surface area contributed by atoms with E-state index in [-0.39, 0.29) is 0 Å². The van der Waals surface area contributed by atoms with Crippen molar-refractivity contribution in [3.05, 3.63) is 77.6 Å². The molecule has 2 aromatic carbocycles. The van der Waals surface area contributed by atoms with Gasteiger partial charge in [-0.05, 0) is 47.5 Å². The molecule has 1 heterocycles. The van der Waals surface area contributed by atoms with Gasteiger partial charge in [-0.3, -0.25) is 4.98 Å². The Kier molecular flexibility index (Phi) is 6.47. The van der Waals surface area contributed by atoms with Gasteiger partial charge in [0.25, 0.3) is 0 Å². The second-order valence-electron chi connectivity index (χ2n) is 5.99. The van der Waals surface area contributed by atoms with Crippen LogP contribution in [-0.2, 0) is 0 Å². The first-order valence-electron chi connectivity index (χ1n) is 8.85. The molecule has 0 radical (unpaired) electrons. The Bertz CT molecular complexity index is 973. The second kappa shape index (κ2) is 9.41. The van der Waals surface area contributed by atoms with Crippen molar-refractivity contribution in [1.29, 1.82) is 0 Å². The quantitative estimate of drug-likeness (QED) is 0.436. The van der Waals surface area contributed by atoms with Gasteiger partial charge in [0.1, 0.15) is 5.75 Å². The predicted octanol–water partition coefficient (Wildman–Crippen LogP) is 4.50. The van der Waals surface area contributed by atoms with Crippen molar-refractivity contribution >= 4 is 18.1 Å². The number of methoxy groups -OCH3 is 3. The minimum absolute atomic E-state index is 0.293. The largest absolute Gasteiger partial charge is 0.493 e. The number of nitrogens with zero attached hydrogens (tertiary/aromatic N) is 1. The second-order valence-corrected chi connectivity index (χ2v) is 5.99. The van der Waals surface area contributed by atoms with Gasteiger partial charge in [-0.1, -0.05) is 24.3 Å². The number of carbonyl (C=O) groups excluding carboxylic acids is 1. The first-order valence-corrected chi connectivity index (χ1v) is 8.85. The number of benzene rings is 2. The molecule has 0 saturated carbocycles. The van der Waals surface area contributed by atoms with Gasteiger partial charge in [0.05, 0.1) is 26.9 Å². The molecule has 0 unspecified atom stereocenters. The van der Waals surface area contributed by atoms with Crippen molar-refractivity contribution in [2.24, 2.45) is 0 Å². The Morgan fingerprint density at radius 3 is 1.86 bits per heavy atom. The lowest BCUT2D eigenvalue weighted by molar-refractivity contribution is 0.0734. The van der Waals surface area contributed by atoms with E-state index >= 15 is 0 Å². The van der Waals surface area contributed by atoms with Gasteiger partial charge in [0.2, 0.25) is 5.75 Å². The van der Waals surface area contributed by atoms with Crippen LogP contribution in [0.3, 0.4) is 0 Å². The third-order valence-corrected chi connectivity index (χ3v) is 4.17. The number of pyridine rings is 1. The van der Waals surface area contributed by atoms with Gasteiger partial charge >= 0.3 is 5.97 Å². The van der Waals surface area contributed by atoms with E-state index < -0.39 is 5.97 Å². The summed E-state index contributed by atoms with van der Waals surface area (Å²) in [5.41, 5.74) is 2.33. The molecule has 0 saturated heterocycles. The zero-order valence-electron chi connectivity index (χ0n) is 16.4. The van der Waals surface area contributed by atoms with Crippen LogP contribution in [-0.4, -0.2) is 32.3 Å². The van der Waals surface area contributed by atoms with Crippen molar-refractivity contribution in [3.63, 3.8) is 0 Å². The SMILES string of the molecule is COc1cc(C(=O)Oc2ccc(C=Cc3ccncc3)cc2)cc(OC)c1OC. The highest BCUT2D eigenvalue weighted by molar-refractivity contribution is 5.92. The lowest BCUT2D eigenvalue weighted by Crippen LogP contribution is -2.09. The van der Waals surface area contributed by atoms with Gasteiger partial charge in [0, 0.05) is 12.4 Å². The van der Waals surface area contributed by atoms with Gasteiger partial charge in [-0.2, -0.15) is 0 Å². The fourth-order valence-corrected chi connectivity index (χ4v) is 2.68. The topological polar surface area (TPSA) is 66.9 Å². The summed E-state index contributed by atoms with van der Waals surface area (Å²) in [7, 11) is 4.48. The zero-order chi connectivity index (χ0) is 20.6. The fourth-order valence-electron chi connectivity index (χ4n) is 2.68. The molecule has 3 rings (SSSR count). The van der Waals surface area contributed by atoms with Gasteiger partial charge < -0.3 is 18.9 Å². The number of carbonyl (C=O) groups is 1. The molecule has 3 aromatic rings. The number of esters is 1. The van der Waals surface area contributed by atoms with Crippen LogP contribution in [0.2, 0.25) is 0 Å². The number of rotatable bonds is 7. The van der Waals surface area contributed by atoms with Crippen molar-refractivity contribution < 1.29 is 23.7 Å². The molecule has 0 aliphatic carbocycles. The van der Waals surface area contributed by atoms with Gasteiger partial charge in [-0.25, -0.2) is 4.79 Å². The Balaban J connectivity index is 1.73. The molecule has 29 heavy (non-hydrogen) atoms. The summed E-state index contributed by atoms with van der Waals surface area (Å²) in [5, 5.41) is 0. The number of hydrogen-bond acceptors (Lipinski definition) is 6. The summed E-state index contributed by atoms with van der Waals surface area (Å²) < 4.78 is 21.3. The van der Waals surface area contributed by atoms with E-state index in [1.54, 1.807) is 36.7 Å². The highest BCUT2D eigenvalue weighted by Gasteiger charge is 2.18. The molecule has 6 nitrogen and oxygen atoms in total. The van der Waals surface area contributed by atoms with E-state index in [2.05, 4.69) is 4.98 Å². The first kappa shape index (κ1) is 19.9. The monoisotopic (exact) mass is 391 g/mol. The average Bonchev–Trinajstić information content (AvgIpc) is 2.78. The predicted molar refractivity (Wildman–Crippen MR) is 111 cm³/mol. The van der Waals surface area contributed by atoms with E-state index in [1.807, 2.05) is 36.4 Å². The number of hydrogen-bond donors (Lipinski definition) is 0. The van der Waals surface area contributed by atoms with E-state index in [9.17, 15) is 4.79 Å². The molecule has 148 valence electrons. The maximum atomic E-state index is 12.6. The van der Waals surface area contributed by atoms with Crippen LogP contribution < -0.4 is 18.9 Å². The fraction of sp³-hybridized carbons (Fsp3) is 0.130. The van der Waals surface area contributed by atoms with Crippen LogP contribution in [0.15, 0.2) is 60.9 Å². The van der Waals surface area contributed by atoms with Crippen LogP contribution >= 0.6 is 0 Å². The number of ether oxygens (including phenoxy) is 4. The lowest BCUT2D eigenvalue weighted by Gasteiger charge is -2.13. The summed E-state index contributed by atoms with van der Waals surface area (Å²) in [4.78, 5) is 16.5. The highest BCUT2D eigenvalue weighted by atomic mass is 16.5. The Labute approximate surface area is 169 Å². The van der Waals surface area contributed by atoms with Crippen molar-refractivity contribution in [3.8, 4) is 23.0 Å². The summed E-state index contributed by atoms with van der Waals surface area (Å²) >= 11 is 0. The average molecular weight is 391 g/mol. The molecule has 0 bridgehead atoms. The van der Waals surface area contributed by atoms with Crippen LogP contribution in [0.25, 0.3) is 12.2 Å². The van der Waals surface area contributed by atoms with Gasteiger partial charge in [-0.15, -0.1) is 0 Å². The molecule has 0 atom stereocenters. The third-order valence-electron chi connectivity index (χ3n) is 4.17. The lowest BCUT2D eigenvalue weighted by atomic mass is 10.1. The van der Waals surface area contributed by atoms with E-state index in [4.69, 9.17) is 18.9 Å². The first-order chi connectivity index (χ1) is 14.1. The van der Waals surface area contributed by atoms with Crippen LogP contribution in [0.1, 0.15) is 21.5 Å². The molecule has 6 heteroatoms. The summed E-state index contributed by atoms with van der Waals surface area (Å²) in [6.45, 7) is 0. The molecular weight excluding hydrogens is 370 g/mol. The van der Waals surface area contributed by atoms with E-state index in [1.165, 1.54) is 21.3 Å². The standard InChI is InChI=1S/C23H21NO5/c1-26-20-14-18(15-21(27-2)22(20)28-3)23(25)29-19-8-6-16(7-9-19)4-5-17-10-12-24-13-11-17/h4-15H,1-3H3. The minimum Gasteiger partial charge on any atom is -0.493 e. The summed E-state index contributed by atoms with van der Waals surface area (Å²) in [6, 6.07) is 14.2. The Morgan fingerprint density at radius 1 is 0.793 bits per heavy atom. The maximum Gasteiger partial charge on any atom is 0.343 e. The molecule has 0 amide bonds. The van der Waals surface area contributed by atoms with Gasteiger partial charge in [0.15, 0.2) is 11.5 Å². The molecule has 0 aliphatic heterocycles. The minimum atomic E-state index is -0.524. The zero-order valence-corrected chi connectivity index (χ0v) is 16.4. The Morgan fingerprint density at radius 2 is 1.34 bits per heavy atom. The highest BCUT2D eigenvalue weighted by Crippen LogP contribution is 2.38. The maximum absolute atomic E-state index is 12.6. The number of aromatic nitrogens is 1. The third kappa shape index (κ3) is 4.93. The molecule has 0 aliphatic rings. The van der Waals surface area contributed by atoms with E-state index in [0.717, 1.165) is 11.1 Å². The van der Waals surface area contributed by atoms with Crippen LogP contribution in [0.5, 0.6) is 23.0 Å².